The monoisotopic (exact) mass is 1980 g/mol. The van der Waals surface area contributed by atoms with Crippen LogP contribution in [0.5, 0.6) is 0 Å². The van der Waals surface area contributed by atoms with Crippen LogP contribution in [0.4, 0.5) is 89.4 Å². The number of likely N-dealkylation sites (tertiary alicyclic amines) is 2. The second-order valence-electron chi connectivity index (χ2n) is 35.9. The van der Waals surface area contributed by atoms with Gasteiger partial charge in [0.2, 0.25) is 18.6 Å². The van der Waals surface area contributed by atoms with Gasteiger partial charge in [0.15, 0.2) is 101 Å². The normalized spacial score (nSPS) is 17.8. The molecule has 4 heterocycles. The van der Waals surface area contributed by atoms with Crippen molar-refractivity contribution in [2.45, 2.75) is 238 Å². The summed E-state index contributed by atoms with van der Waals surface area (Å²) in [5.41, 5.74) is 1.36. The van der Waals surface area contributed by atoms with Gasteiger partial charge >= 0.3 is 24.4 Å². The molecule has 134 heavy (non-hydrogen) atoms. The number of piperidine rings is 2. The first kappa shape index (κ1) is 117. The van der Waals surface area contributed by atoms with Crippen molar-refractivity contribution < 1.29 is 149 Å². The molecule has 6 aromatic carbocycles. The van der Waals surface area contributed by atoms with Crippen LogP contribution in [0.3, 0.4) is 0 Å². The zero-order valence-corrected chi connectivity index (χ0v) is 79.5. The van der Waals surface area contributed by atoms with Gasteiger partial charge in [-0.3, -0.25) is 40.0 Å². The number of amides is 4. The number of carbonyl (C=O) groups is 5. The summed E-state index contributed by atoms with van der Waals surface area (Å²) in [6.45, 7) is 33.2. The molecule has 7 atom stereocenters. The van der Waals surface area contributed by atoms with E-state index < -0.39 is 240 Å². The van der Waals surface area contributed by atoms with Crippen molar-refractivity contribution >= 4 is 45.1 Å². The van der Waals surface area contributed by atoms with Crippen molar-refractivity contribution in [1.82, 2.24) is 25.3 Å². The van der Waals surface area contributed by atoms with Crippen LogP contribution >= 0.6 is 0 Å². The van der Waals surface area contributed by atoms with Gasteiger partial charge in [0.05, 0.1) is 37.0 Å². The number of benzene rings is 6. The molecule has 1 unspecified atom stereocenters. The minimum Gasteiger partial charge on any atom is -0.444 e. The molecule has 3 fully saturated rings. The van der Waals surface area contributed by atoms with Gasteiger partial charge in [0.25, 0.3) is 0 Å². The van der Waals surface area contributed by atoms with Crippen LogP contribution in [0.25, 0.3) is 6.08 Å². The number of nitro groups is 3. The summed E-state index contributed by atoms with van der Waals surface area (Å²) >= 11 is 0. The molecule has 4 aliphatic rings. The van der Waals surface area contributed by atoms with E-state index in [4.69, 9.17) is 29.1 Å². The van der Waals surface area contributed by atoms with E-state index in [1.807, 2.05) is 0 Å². The maximum atomic E-state index is 14.0. The molecule has 0 spiro atoms. The van der Waals surface area contributed by atoms with Crippen LogP contribution in [-0.2, 0) is 50.8 Å². The molecule has 3 saturated heterocycles. The Morgan fingerprint density at radius 3 is 1.24 bits per heavy atom. The number of allylic oxidation sites excluding steroid dienone is 1. The quantitative estimate of drug-likeness (QED) is 0.0105. The van der Waals surface area contributed by atoms with E-state index in [1.54, 1.807) is 83.1 Å². The maximum absolute atomic E-state index is 14.0. The van der Waals surface area contributed by atoms with E-state index in [0.29, 0.717) is 12.1 Å². The fourth-order valence-corrected chi connectivity index (χ4v) is 15.5. The van der Waals surface area contributed by atoms with Crippen molar-refractivity contribution in [3.63, 3.8) is 0 Å². The predicted octanol–water partition coefficient (Wildman–Crippen LogP) is 21.3. The molecule has 0 aromatic heterocycles. The average Bonchev–Trinajstić information content (AvgIpc) is 1.34. The van der Waals surface area contributed by atoms with Crippen molar-refractivity contribution in [2.24, 2.45) is 11.7 Å². The number of nitrogens with one attached hydrogen (secondary N) is 2. The fraction of sp³-hybridized carbons (Fsp3) is 0.505. The first-order valence-corrected chi connectivity index (χ1v) is 45.7. The first-order chi connectivity index (χ1) is 61.6. The van der Waals surface area contributed by atoms with Crippen LogP contribution in [0.15, 0.2) is 103 Å². The summed E-state index contributed by atoms with van der Waals surface area (Å²) in [6.07, 6.45) is 6.92. The third-order valence-electron chi connectivity index (χ3n) is 20.1. The number of ether oxygens (including phenoxy) is 4. The van der Waals surface area contributed by atoms with Crippen LogP contribution in [0, 0.1) is 129 Å². The number of hydrogen-bond donors (Lipinski definition) is 3. The number of rotatable bonds is 18. The summed E-state index contributed by atoms with van der Waals surface area (Å²) in [5, 5.41) is 38.6. The van der Waals surface area contributed by atoms with Crippen LogP contribution < -0.4 is 16.4 Å². The molecule has 0 bridgehead atoms. The molecule has 25 nitrogen and oxygen atoms in total. The van der Waals surface area contributed by atoms with Gasteiger partial charge in [0.1, 0.15) is 34.3 Å². The minimum absolute atomic E-state index is 0. The Kier molecular flexibility index (Phi) is 45.4. The van der Waals surface area contributed by atoms with Gasteiger partial charge < -0.3 is 49.5 Å². The van der Waals surface area contributed by atoms with Gasteiger partial charge in [0, 0.05) is 117 Å². The van der Waals surface area contributed by atoms with Gasteiger partial charge in [-0.1, -0.05) is 107 Å². The van der Waals surface area contributed by atoms with Gasteiger partial charge in [-0.25, -0.2) is 89.4 Å². The summed E-state index contributed by atoms with van der Waals surface area (Å²) in [7, 11) is -1.77. The zero-order chi connectivity index (χ0) is 101. The summed E-state index contributed by atoms with van der Waals surface area (Å²) < 4.78 is 242. The maximum Gasteiger partial charge on any atom is 0.414 e. The summed E-state index contributed by atoms with van der Waals surface area (Å²) in [6, 6.07) is 17.9. The number of carbonyl (C=O) groups excluding carboxylic acids is 5. The third kappa shape index (κ3) is 35.2. The predicted molar refractivity (Wildman–Crippen MR) is 464 cm³/mol. The molecule has 0 aliphatic carbocycles. The summed E-state index contributed by atoms with van der Waals surface area (Å²) in [5.74, 6) is -28.2. The van der Waals surface area contributed by atoms with Crippen molar-refractivity contribution in [3.05, 3.63) is 260 Å². The Hall–Kier alpha value is -10.8. The number of halogens is 16. The number of aldehydes is 1. The van der Waals surface area contributed by atoms with Gasteiger partial charge in [-0.05, 0) is 164 Å². The van der Waals surface area contributed by atoms with E-state index in [0.717, 1.165) is 47.0 Å². The number of nitrogens with two attached hydrogens (primary N) is 1. The Morgan fingerprint density at radius 1 is 0.522 bits per heavy atom. The molecular formula is C91H115F16FeN9O16Si. The largest absolute Gasteiger partial charge is 0.444 e. The molecular weight excluding hydrogens is 1860 g/mol. The van der Waals surface area contributed by atoms with Crippen LogP contribution in [0.2, 0.25) is 19.6 Å². The fourth-order valence-electron chi connectivity index (χ4n) is 14.1. The SMILES string of the molecule is CC(C)(C)OC(=O)N1C=C[C@@H](c2c(F)c(F)cc(F)c2F)[C@H]([N+](=O)[O-])C1.CC(C)(C)OC(=O)N1CC[C@@H](c2c(F)c(F)cc(F)c2F)[C@H](N)C1.CC(C)(C)OC(=O)N1CC[C@@H](c2c(F)c(F)cc(F)c2F)[C@H]([N+](=O)[O-])C1.CC(C)(C)OC(=O)NCC[N+](=O)[O-].CCC(CC)CC.C[Si](C)(C)OC(c1ccccc1)(c1ccccc1)C1CCCN1.O=C/C=C/c1c(F)c(F)cc(F)c1F.[Fe]. The molecule has 4 N–H and O–H groups in total. The Morgan fingerprint density at radius 2 is 0.896 bits per heavy atom. The van der Waals surface area contributed by atoms with Crippen LogP contribution in [0.1, 0.15) is 200 Å². The van der Waals surface area contributed by atoms with Crippen LogP contribution in [-0.4, -0.2) is 167 Å². The Bertz CT molecular complexity index is 4870. The standard InChI is InChI=1S/C20H27NOSi.C16H18F4N2O4.C16H16F4N2O4.C16H20F4N2O2.C9H4F4O.C7H14N2O4.C7H16.Fe/c1-23(2,3)22-20(19-15-10-16-21-19,17-11-6-4-7-12-17)18-13-8-5-9-14-18;2*1-16(2,3)26-15(23)21-5-4-8(11(7-21)22(24)25)12-13(19)9(17)6-10(18)14(12)20;1-16(2,3)24-15(23)22-5-4-8(11(21)7-22)12-13(19)9(17)6-10(18)14(12)20;10-6-4-7(11)9(13)5(8(6)12)2-1-3-14;1-7(2,3)13-6(10)8-4-5-9(11)12;1-4-7(5-2)6-3;/h4-9,11-14,19,21H,10,15-16H2,1-3H3;6,8,11H,4-5,7H2,1-3H3;4-6,8,11H,7H2,1-3H3;6,8,11H,4-5,7,21H2,1-3H3;1-4H;4-5H2,1-3H3,(H,8,10);7H,4-6H2,1-3H3;/b;;;;2-1+;;;/t;3*8-,11-;;;;/m.111..../s1. The minimum atomic E-state index is -1.77. The molecule has 6 aromatic rings. The molecule has 10 rings (SSSR count). The zero-order valence-electron chi connectivity index (χ0n) is 77.4. The van der Waals surface area contributed by atoms with Crippen molar-refractivity contribution in [3.8, 4) is 0 Å². The molecule has 4 amide bonds. The van der Waals surface area contributed by atoms with Gasteiger partial charge in [-0.15, -0.1) is 0 Å². The van der Waals surface area contributed by atoms with Gasteiger partial charge in [-0.2, -0.15) is 0 Å². The number of nitrogens with zero attached hydrogens (tertiary/aromatic N) is 6. The molecule has 4 aliphatic heterocycles. The molecule has 0 saturated carbocycles. The van der Waals surface area contributed by atoms with E-state index in [9.17, 15) is 125 Å². The van der Waals surface area contributed by atoms with E-state index in [1.165, 1.54) is 41.7 Å². The van der Waals surface area contributed by atoms with Crippen molar-refractivity contribution in [1.29, 1.82) is 0 Å². The summed E-state index contributed by atoms with van der Waals surface area (Å²) in [4.78, 5) is 90.5. The average molecular weight is 1980 g/mol. The topological polar surface area (TPSA) is 321 Å². The molecule has 0 radical (unpaired) electrons. The van der Waals surface area contributed by atoms with E-state index >= 15 is 0 Å². The third-order valence-corrected chi connectivity index (χ3v) is 21.0. The van der Waals surface area contributed by atoms with Crippen molar-refractivity contribution in [2.75, 3.05) is 52.4 Å². The Balaban J connectivity index is 0.000000413. The second-order valence-corrected chi connectivity index (χ2v) is 40.4. The molecule has 43 heteroatoms. The molecule has 744 valence electrons. The van der Waals surface area contributed by atoms with E-state index in [-0.39, 0.29) is 93.2 Å². The first-order valence-electron chi connectivity index (χ1n) is 42.3. The smallest absolute Gasteiger partial charge is 0.414 e. The number of alkyl carbamates (subject to hydrolysis) is 1. The number of hydrogen-bond acceptors (Lipinski definition) is 18. The second kappa shape index (κ2) is 51.8. The Labute approximate surface area is 778 Å². The van der Waals surface area contributed by atoms with E-state index in [2.05, 4.69) is 112 Å².